The molecule has 0 aromatic heterocycles. The minimum Gasteiger partial charge on any atom is -0.384 e. The highest BCUT2D eigenvalue weighted by molar-refractivity contribution is 5.74. The molecule has 3 fully saturated rings. The third-order valence-electron chi connectivity index (χ3n) is 5.85. The minimum absolute atomic E-state index is 0.0926. The highest BCUT2D eigenvalue weighted by atomic mass is 16.5. The predicted octanol–water partition coefficient (Wildman–Crippen LogP) is 1.17. The van der Waals surface area contributed by atoms with E-state index in [9.17, 15) is 4.79 Å². The van der Waals surface area contributed by atoms with Gasteiger partial charge < -0.3 is 19.7 Å². The Hall–Kier alpha value is -0.850. The Morgan fingerprint density at radius 1 is 1.30 bits per heavy atom. The van der Waals surface area contributed by atoms with Crippen LogP contribution >= 0.6 is 0 Å². The third kappa shape index (κ3) is 3.80. The summed E-state index contributed by atoms with van der Waals surface area (Å²) in [6.45, 7) is 9.04. The smallest absolute Gasteiger partial charge is 0.317 e. The van der Waals surface area contributed by atoms with Crippen molar-refractivity contribution in [2.45, 2.75) is 32.2 Å². The molecule has 2 heterocycles. The molecule has 3 aliphatic rings. The average molecular weight is 325 g/mol. The van der Waals surface area contributed by atoms with Crippen LogP contribution in [0.25, 0.3) is 0 Å². The fourth-order valence-electron chi connectivity index (χ4n) is 4.23. The van der Waals surface area contributed by atoms with E-state index >= 15 is 0 Å². The van der Waals surface area contributed by atoms with Gasteiger partial charge in [0.1, 0.15) is 0 Å². The molecule has 132 valence electrons. The van der Waals surface area contributed by atoms with Gasteiger partial charge in [0.25, 0.3) is 0 Å². The van der Waals surface area contributed by atoms with E-state index in [1.165, 1.54) is 6.42 Å². The normalized spacial score (nSPS) is 31.0. The molecule has 3 rings (SSSR count). The van der Waals surface area contributed by atoms with Crippen LogP contribution in [0.4, 0.5) is 4.79 Å². The van der Waals surface area contributed by atoms with Crippen LogP contribution in [0.5, 0.6) is 0 Å². The van der Waals surface area contributed by atoms with Crippen molar-refractivity contribution < 1.29 is 14.3 Å². The number of carbonyl (C=O) groups is 1. The van der Waals surface area contributed by atoms with Gasteiger partial charge in [0.05, 0.1) is 19.8 Å². The van der Waals surface area contributed by atoms with E-state index < -0.39 is 0 Å². The first-order chi connectivity index (χ1) is 11.1. The number of methoxy groups -OCH3 is 1. The highest BCUT2D eigenvalue weighted by Gasteiger charge is 2.39. The Balaban J connectivity index is 1.48. The SMILES string of the molecule is COCC1(CNC(=O)N2C[C@@H](C)[C@@H](N3CCOCC3)C2)CCC1. The summed E-state index contributed by atoms with van der Waals surface area (Å²) in [4.78, 5) is 17.0. The van der Waals surface area contributed by atoms with Crippen LogP contribution in [0.15, 0.2) is 0 Å². The zero-order chi connectivity index (χ0) is 16.3. The van der Waals surface area contributed by atoms with E-state index in [4.69, 9.17) is 9.47 Å². The fourth-order valence-corrected chi connectivity index (χ4v) is 4.23. The monoisotopic (exact) mass is 325 g/mol. The van der Waals surface area contributed by atoms with Crippen LogP contribution in [0, 0.1) is 11.3 Å². The van der Waals surface area contributed by atoms with E-state index in [0.29, 0.717) is 12.0 Å². The summed E-state index contributed by atoms with van der Waals surface area (Å²) in [5, 5.41) is 3.16. The van der Waals surface area contributed by atoms with Crippen molar-refractivity contribution in [2.24, 2.45) is 11.3 Å². The molecular formula is C17H31N3O3. The fraction of sp³-hybridized carbons (Fsp3) is 0.941. The lowest BCUT2D eigenvalue weighted by Gasteiger charge is -2.41. The summed E-state index contributed by atoms with van der Waals surface area (Å²) < 4.78 is 10.8. The van der Waals surface area contributed by atoms with E-state index in [1.54, 1.807) is 7.11 Å². The molecule has 1 N–H and O–H groups in total. The molecule has 2 aliphatic heterocycles. The zero-order valence-corrected chi connectivity index (χ0v) is 14.6. The summed E-state index contributed by atoms with van der Waals surface area (Å²) >= 11 is 0. The predicted molar refractivity (Wildman–Crippen MR) is 88.5 cm³/mol. The standard InChI is InChI=1S/C17H31N3O3/c1-14-10-20(11-15(14)19-6-8-23-9-7-19)16(21)18-12-17(13-22-2)4-3-5-17/h14-15H,3-13H2,1-2H3,(H,18,21)/t14-,15+/m1/s1. The van der Waals surface area contributed by atoms with Gasteiger partial charge in [0.15, 0.2) is 0 Å². The van der Waals surface area contributed by atoms with Gasteiger partial charge in [-0.15, -0.1) is 0 Å². The molecule has 0 unspecified atom stereocenters. The lowest BCUT2D eigenvalue weighted by Crippen LogP contribution is -2.50. The number of likely N-dealkylation sites (tertiary alicyclic amines) is 1. The van der Waals surface area contributed by atoms with Crippen LogP contribution in [0.2, 0.25) is 0 Å². The topological polar surface area (TPSA) is 54.0 Å². The Bertz CT molecular complexity index is 408. The van der Waals surface area contributed by atoms with Gasteiger partial charge >= 0.3 is 6.03 Å². The van der Waals surface area contributed by atoms with Gasteiger partial charge in [0.2, 0.25) is 0 Å². The second-order valence-corrected chi connectivity index (χ2v) is 7.54. The van der Waals surface area contributed by atoms with Gasteiger partial charge in [-0.3, -0.25) is 4.90 Å². The third-order valence-corrected chi connectivity index (χ3v) is 5.85. The molecule has 6 nitrogen and oxygen atoms in total. The zero-order valence-electron chi connectivity index (χ0n) is 14.6. The molecule has 0 aromatic rings. The summed E-state index contributed by atoms with van der Waals surface area (Å²) in [6.07, 6.45) is 3.57. The second kappa shape index (κ2) is 7.36. The van der Waals surface area contributed by atoms with Crippen molar-refractivity contribution in [3.63, 3.8) is 0 Å². The molecule has 1 saturated carbocycles. The van der Waals surface area contributed by atoms with Crippen molar-refractivity contribution in [1.29, 1.82) is 0 Å². The molecule has 6 heteroatoms. The van der Waals surface area contributed by atoms with Crippen LogP contribution in [-0.2, 0) is 9.47 Å². The number of urea groups is 1. The van der Waals surface area contributed by atoms with Crippen molar-refractivity contribution in [1.82, 2.24) is 15.1 Å². The van der Waals surface area contributed by atoms with Crippen molar-refractivity contribution in [3.8, 4) is 0 Å². The largest absolute Gasteiger partial charge is 0.384 e. The maximum atomic E-state index is 12.5. The number of nitrogens with zero attached hydrogens (tertiary/aromatic N) is 2. The molecule has 0 aromatic carbocycles. The van der Waals surface area contributed by atoms with Gasteiger partial charge in [-0.05, 0) is 18.8 Å². The maximum absolute atomic E-state index is 12.5. The number of hydrogen-bond acceptors (Lipinski definition) is 4. The average Bonchev–Trinajstić information content (AvgIpc) is 2.92. The van der Waals surface area contributed by atoms with E-state index in [2.05, 4.69) is 17.1 Å². The van der Waals surface area contributed by atoms with E-state index in [-0.39, 0.29) is 11.4 Å². The van der Waals surface area contributed by atoms with Gasteiger partial charge in [0, 0.05) is 51.3 Å². The number of amides is 2. The Labute approximate surface area is 139 Å². The molecule has 23 heavy (non-hydrogen) atoms. The number of rotatable bonds is 5. The highest BCUT2D eigenvalue weighted by Crippen LogP contribution is 2.40. The van der Waals surface area contributed by atoms with Gasteiger partial charge in [-0.2, -0.15) is 0 Å². The molecular weight excluding hydrogens is 294 g/mol. The van der Waals surface area contributed by atoms with E-state index in [0.717, 1.165) is 65.4 Å². The summed E-state index contributed by atoms with van der Waals surface area (Å²) in [6, 6.07) is 0.566. The Morgan fingerprint density at radius 2 is 2.04 bits per heavy atom. The number of morpholine rings is 1. The summed E-state index contributed by atoms with van der Waals surface area (Å²) in [5.41, 5.74) is 0.180. The Kier molecular flexibility index (Phi) is 5.44. The first kappa shape index (κ1) is 17.0. The minimum atomic E-state index is 0.0926. The number of carbonyl (C=O) groups excluding carboxylic acids is 1. The second-order valence-electron chi connectivity index (χ2n) is 7.54. The lowest BCUT2D eigenvalue weighted by atomic mass is 9.69. The van der Waals surface area contributed by atoms with Gasteiger partial charge in [-0.25, -0.2) is 4.79 Å². The number of hydrogen-bond donors (Lipinski definition) is 1. The van der Waals surface area contributed by atoms with Crippen LogP contribution in [-0.4, -0.2) is 81.5 Å². The number of nitrogens with one attached hydrogen (secondary N) is 1. The molecule has 2 atom stereocenters. The first-order valence-corrected chi connectivity index (χ1v) is 8.97. The summed E-state index contributed by atoms with van der Waals surface area (Å²) in [5.74, 6) is 0.524. The molecule has 1 aliphatic carbocycles. The molecule has 0 radical (unpaired) electrons. The molecule has 0 spiro atoms. The molecule has 2 amide bonds. The van der Waals surface area contributed by atoms with Crippen molar-refractivity contribution in [2.75, 3.05) is 59.7 Å². The van der Waals surface area contributed by atoms with E-state index in [1.807, 2.05) is 4.90 Å². The molecule has 0 bridgehead atoms. The number of ether oxygens (including phenoxy) is 2. The van der Waals surface area contributed by atoms with Crippen LogP contribution in [0.3, 0.4) is 0 Å². The van der Waals surface area contributed by atoms with Crippen molar-refractivity contribution >= 4 is 6.03 Å². The first-order valence-electron chi connectivity index (χ1n) is 8.97. The lowest BCUT2D eigenvalue weighted by molar-refractivity contribution is 0.0119. The quantitative estimate of drug-likeness (QED) is 0.824. The van der Waals surface area contributed by atoms with Crippen molar-refractivity contribution in [3.05, 3.63) is 0 Å². The summed E-state index contributed by atoms with van der Waals surface area (Å²) in [7, 11) is 1.75. The van der Waals surface area contributed by atoms with Crippen LogP contribution < -0.4 is 5.32 Å². The molecule has 2 saturated heterocycles. The van der Waals surface area contributed by atoms with Crippen LogP contribution in [0.1, 0.15) is 26.2 Å². The maximum Gasteiger partial charge on any atom is 0.317 e. The van der Waals surface area contributed by atoms with Gasteiger partial charge in [-0.1, -0.05) is 13.3 Å². The Morgan fingerprint density at radius 3 is 2.65 bits per heavy atom.